The molecule has 1 unspecified atom stereocenters. The maximum absolute atomic E-state index is 14.3. The molecule has 1 N–H and O–H groups in total. The van der Waals surface area contributed by atoms with E-state index < -0.39 is 44.3 Å². The van der Waals surface area contributed by atoms with Crippen molar-refractivity contribution in [3.63, 3.8) is 0 Å². The van der Waals surface area contributed by atoms with E-state index in [-0.39, 0.29) is 30.9 Å². The van der Waals surface area contributed by atoms with Gasteiger partial charge >= 0.3 is 6.18 Å². The molecule has 2 atom stereocenters. The van der Waals surface area contributed by atoms with E-state index in [1.165, 1.54) is 26.0 Å². The zero-order valence-corrected chi connectivity index (χ0v) is 18.3. The molecular formula is C22H23F4NO4S. The Balaban J connectivity index is 1.94. The average molecular weight is 473 g/mol. The molecule has 32 heavy (non-hydrogen) atoms. The van der Waals surface area contributed by atoms with Gasteiger partial charge in [0.25, 0.3) is 10.0 Å². The molecule has 0 fully saturated rings. The summed E-state index contributed by atoms with van der Waals surface area (Å²) in [4.78, 5) is 0. The van der Waals surface area contributed by atoms with Gasteiger partial charge in [0, 0.05) is 13.0 Å². The zero-order chi connectivity index (χ0) is 23.7. The van der Waals surface area contributed by atoms with Gasteiger partial charge in [-0.1, -0.05) is 30.3 Å². The number of aliphatic hydroxyl groups excluding tert-OH is 1. The summed E-state index contributed by atoms with van der Waals surface area (Å²) < 4.78 is 88.5. The molecule has 0 aliphatic carbocycles. The fourth-order valence-corrected chi connectivity index (χ4v) is 5.74. The van der Waals surface area contributed by atoms with Crippen LogP contribution in [0.3, 0.4) is 0 Å². The smallest absolute Gasteiger partial charge is 0.416 e. The van der Waals surface area contributed by atoms with Gasteiger partial charge < -0.3 is 9.84 Å². The van der Waals surface area contributed by atoms with Gasteiger partial charge in [-0.25, -0.2) is 12.8 Å². The minimum absolute atomic E-state index is 0.0656. The Morgan fingerprint density at radius 3 is 2.28 bits per heavy atom. The van der Waals surface area contributed by atoms with Crippen LogP contribution in [0.2, 0.25) is 0 Å². The van der Waals surface area contributed by atoms with Gasteiger partial charge in [0.15, 0.2) is 0 Å². The van der Waals surface area contributed by atoms with Gasteiger partial charge in [0.2, 0.25) is 5.90 Å². The van der Waals surface area contributed by atoms with Crippen molar-refractivity contribution in [2.45, 2.75) is 49.6 Å². The highest BCUT2D eigenvalue weighted by Gasteiger charge is 2.47. The number of halogens is 4. The SMILES string of the molecule is CC1(C)OC(C[C@@H](CCO)c2ccccc2F)=NS(=O)(=O)C1c1ccc(C(F)(F)F)cc1. The Kier molecular flexibility index (Phi) is 6.67. The summed E-state index contributed by atoms with van der Waals surface area (Å²) in [6, 6.07) is 9.80. The molecule has 1 heterocycles. The Bertz CT molecular complexity index is 1100. The first-order valence-corrected chi connectivity index (χ1v) is 11.4. The van der Waals surface area contributed by atoms with E-state index in [0.29, 0.717) is 5.56 Å². The number of hydrogen-bond acceptors (Lipinski definition) is 4. The second-order valence-corrected chi connectivity index (χ2v) is 9.82. The van der Waals surface area contributed by atoms with E-state index in [1.54, 1.807) is 12.1 Å². The standard InChI is InChI=1S/C22H23F4NO4S/c1-21(2)20(14-7-9-16(10-8-14)22(24,25)26)32(29,30)27-19(31-21)13-15(11-12-28)17-5-3-4-6-18(17)23/h3-10,15,20,28H,11-13H2,1-2H3/t15-,20?/m1/s1. The number of benzene rings is 2. The number of nitrogens with zero attached hydrogens (tertiary/aromatic N) is 1. The molecule has 2 aromatic carbocycles. The molecule has 1 aliphatic rings. The zero-order valence-electron chi connectivity index (χ0n) is 17.4. The van der Waals surface area contributed by atoms with Gasteiger partial charge in [-0.3, -0.25) is 0 Å². The molecule has 0 aromatic heterocycles. The fraction of sp³-hybridized carbons (Fsp3) is 0.409. The summed E-state index contributed by atoms with van der Waals surface area (Å²) in [5.41, 5.74) is -1.83. The van der Waals surface area contributed by atoms with E-state index in [1.807, 2.05) is 0 Å². The molecule has 0 radical (unpaired) electrons. The summed E-state index contributed by atoms with van der Waals surface area (Å²) in [7, 11) is -4.21. The van der Waals surface area contributed by atoms with Crippen LogP contribution in [0.25, 0.3) is 0 Å². The molecule has 0 saturated heterocycles. The third kappa shape index (κ3) is 5.12. The molecule has 3 rings (SSSR count). The maximum Gasteiger partial charge on any atom is 0.416 e. The molecule has 10 heteroatoms. The van der Waals surface area contributed by atoms with Crippen LogP contribution in [0.5, 0.6) is 0 Å². The van der Waals surface area contributed by atoms with Crippen LogP contribution in [0, 0.1) is 5.82 Å². The van der Waals surface area contributed by atoms with E-state index in [2.05, 4.69) is 4.40 Å². The van der Waals surface area contributed by atoms with Crippen LogP contribution in [0.1, 0.15) is 54.5 Å². The highest BCUT2D eigenvalue weighted by atomic mass is 32.2. The van der Waals surface area contributed by atoms with Crippen molar-refractivity contribution in [3.8, 4) is 0 Å². The first kappa shape index (κ1) is 24.2. The van der Waals surface area contributed by atoms with Gasteiger partial charge in [-0.15, -0.1) is 4.40 Å². The lowest BCUT2D eigenvalue weighted by molar-refractivity contribution is -0.137. The minimum atomic E-state index is -4.55. The van der Waals surface area contributed by atoms with Crippen LogP contribution < -0.4 is 0 Å². The number of rotatable bonds is 6. The molecule has 0 spiro atoms. The van der Waals surface area contributed by atoms with Gasteiger partial charge in [-0.2, -0.15) is 13.2 Å². The number of aliphatic hydroxyl groups is 1. The van der Waals surface area contributed by atoms with Crippen molar-refractivity contribution in [1.29, 1.82) is 0 Å². The van der Waals surface area contributed by atoms with Crippen molar-refractivity contribution in [3.05, 3.63) is 71.0 Å². The minimum Gasteiger partial charge on any atom is -0.472 e. The van der Waals surface area contributed by atoms with Crippen LogP contribution in [0.15, 0.2) is 52.9 Å². The lowest BCUT2D eigenvalue weighted by Crippen LogP contribution is -2.43. The first-order valence-electron chi connectivity index (χ1n) is 9.89. The molecule has 2 aromatic rings. The Morgan fingerprint density at radius 2 is 1.75 bits per heavy atom. The van der Waals surface area contributed by atoms with E-state index in [9.17, 15) is 31.1 Å². The number of hydrogen-bond donors (Lipinski definition) is 1. The monoisotopic (exact) mass is 473 g/mol. The second-order valence-electron chi connectivity index (χ2n) is 8.14. The lowest BCUT2D eigenvalue weighted by Gasteiger charge is -2.38. The normalized spacial score (nSPS) is 20.8. The average Bonchev–Trinajstić information content (AvgIpc) is 2.66. The fourth-order valence-electron chi connectivity index (χ4n) is 3.97. The summed E-state index contributed by atoms with van der Waals surface area (Å²) in [5.74, 6) is -1.21. The van der Waals surface area contributed by atoms with Crippen LogP contribution in [-0.4, -0.2) is 31.6 Å². The van der Waals surface area contributed by atoms with Crippen molar-refractivity contribution >= 4 is 15.9 Å². The molecule has 0 amide bonds. The molecule has 5 nitrogen and oxygen atoms in total. The second kappa shape index (κ2) is 8.82. The van der Waals surface area contributed by atoms with Gasteiger partial charge in [0.05, 0.1) is 5.56 Å². The third-order valence-electron chi connectivity index (χ3n) is 5.32. The van der Waals surface area contributed by atoms with Crippen molar-refractivity contribution < 1.29 is 35.8 Å². The van der Waals surface area contributed by atoms with Crippen molar-refractivity contribution in [2.24, 2.45) is 4.40 Å². The molecule has 174 valence electrons. The summed E-state index contributed by atoms with van der Waals surface area (Å²) in [5, 5.41) is 8.06. The molecule has 0 bridgehead atoms. The summed E-state index contributed by atoms with van der Waals surface area (Å²) in [6.45, 7) is 2.76. The van der Waals surface area contributed by atoms with E-state index in [4.69, 9.17) is 4.74 Å². The van der Waals surface area contributed by atoms with Gasteiger partial charge in [0.1, 0.15) is 16.7 Å². The Morgan fingerprint density at radius 1 is 1.12 bits per heavy atom. The number of ether oxygens (including phenoxy) is 1. The highest BCUT2D eigenvalue weighted by molar-refractivity contribution is 7.90. The molecule has 1 aliphatic heterocycles. The van der Waals surface area contributed by atoms with Gasteiger partial charge in [-0.05, 0) is 55.5 Å². The van der Waals surface area contributed by atoms with Crippen LogP contribution >= 0.6 is 0 Å². The topological polar surface area (TPSA) is 76.0 Å². The molecular weight excluding hydrogens is 450 g/mol. The predicted octanol–water partition coefficient (Wildman–Crippen LogP) is 4.98. The van der Waals surface area contributed by atoms with E-state index in [0.717, 1.165) is 24.3 Å². The highest BCUT2D eigenvalue weighted by Crippen LogP contribution is 2.42. The largest absolute Gasteiger partial charge is 0.472 e. The van der Waals surface area contributed by atoms with Crippen LogP contribution in [0.4, 0.5) is 17.6 Å². The van der Waals surface area contributed by atoms with Crippen molar-refractivity contribution in [2.75, 3.05) is 6.61 Å². The summed E-state index contributed by atoms with van der Waals surface area (Å²) >= 11 is 0. The van der Waals surface area contributed by atoms with Crippen LogP contribution in [-0.2, 0) is 20.9 Å². The predicted molar refractivity (Wildman–Crippen MR) is 111 cm³/mol. The molecule has 0 saturated carbocycles. The third-order valence-corrected chi connectivity index (χ3v) is 7.22. The Hall–Kier alpha value is -2.46. The maximum atomic E-state index is 14.3. The lowest BCUT2D eigenvalue weighted by atomic mass is 9.91. The van der Waals surface area contributed by atoms with E-state index >= 15 is 0 Å². The first-order chi connectivity index (χ1) is 14.8. The Labute approximate surface area is 183 Å². The number of sulfonamides is 1. The number of alkyl halides is 3. The quantitative estimate of drug-likeness (QED) is 0.601. The summed E-state index contributed by atoms with van der Waals surface area (Å²) in [6.07, 6.45) is -4.45. The van der Waals surface area contributed by atoms with Crippen molar-refractivity contribution in [1.82, 2.24) is 0 Å².